The van der Waals surface area contributed by atoms with Crippen LogP contribution in [0.15, 0.2) is 22.7 Å². The fourth-order valence-electron chi connectivity index (χ4n) is 1.69. The highest BCUT2D eigenvalue weighted by Gasteiger charge is 2.07. The van der Waals surface area contributed by atoms with Gasteiger partial charge in [0.2, 0.25) is 11.9 Å². The largest absolute Gasteiger partial charge is 0.464 e. The Balaban J connectivity index is 2.26. The SMILES string of the molecule is CCNc1nc(Nc2ccc(Br)c(C)c2)nc(OCC)n1. The topological polar surface area (TPSA) is 72.0 Å². The molecular weight excluding hydrogens is 334 g/mol. The number of anilines is 3. The van der Waals surface area contributed by atoms with Crippen molar-refractivity contribution in [3.63, 3.8) is 0 Å². The molecule has 2 N–H and O–H groups in total. The van der Waals surface area contributed by atoms with E-state index in [4.69, 9.17) is 4.74 Å². The molecule has 0 fully saturated rings. The van der Waals surface area contributed by atoms with E-state index in [1.54, 1.807) is 0 Å². The van der Waals surface area contributed by atoms with Crippen LogP contribution in [0.1, 0.15) is 19.4 Å². The molecule has 0 radical (unpaired) electrons. The zero-order valence-corrected chi connectivity index (χ0v) is 13.9. The van der Waals surface area contributed by atoms with E-state index in [2.05, 4.69) is 41.5 Å². The number of halogens is 1. The van der Waals surface area contributed by atoms with Crippen LogP contribution in [0.2, 0.25) is 0 Å². The number of nitrogens with one attached hydrogen (secondary N) is 2. The Morgan fingerprint density at radius 2 is 1.90 bits per heavy atom. The molecule has 2 aromatic rings. The summed E-state index contributed by atoms with van der Waals surface area (Å²) in [5.41, 5.74) is 2.04. The fraction of sp³-hybridized carbons (Fsp3) is 0.357. The Kier molecular flexibility index (Phi) is 5.32. The fourth-order valence-corrected chi connectivity index (χ4v) is 1.94. The van der Waals surface area contributed by atoms with Crippen molar-refractivity contribution < 1.29 is 4.74 Å². The summed E-state index contributed by atoms with van der Waals surface area (Å²) in [6, 6.07) is 6.25. The Morgan fingerprint density at radius 1 is 1.14 bits per heavy atom. The molecule has 0 spiro atoms. The molecular formula is C14H18BrN5O. The van der Waals surface area contributed by atoms with Crippen LogP contribution in [0, 0.1) is 6.92 Å². The van der Waals surface area contributed by atoms with Crippen LogP contribution < -0.4 is 15.4 Å². The van der Waals surface area contributed by atoms with Crippen molar-refractivity contribution in [2.75, 3.05) is 23.8 Å². The summed E-state index contributed by atoms with van der Waals surface area (Å²) < 4.78 is 6.43. The quantitative estimate of drug-likeness (QED) is 0.829. The molecule has 0 amide bonds. The number of hydrogen-bond donors (Lipinski definition) is 2. The van der Waals surface area contributed by atoms with Crippen LogP contribution in [-0.4, -0.2) is 28.1 Å². The van der Waals surface area contributed by atoms with Crippen LogP contribution in [0.3, 0.4) is 0 Å². The number of benzene rings is 1. The van der Waals surface area contributed by atoms with Crippen molar-refractivity contribution in [2.45, 2.75) is 20.8 Å². The summed E-state index contributed by atoms with van der Waals surface area (Å²) in [6.07, 6.45) is 0. The third-order valence-corrected chi connectivity index (χ3v) is 3.53. The van der Waals surface area contributed by atoms with Crippen LogP contribution in [0.4, 0.5) is 17.6 Å². The van der Waals surface area contributed by atoms with Gasteiger partial charge in [0.1, 0.15) is 0 Å². The molecule has 2 rings (SSSR count). The minimum Gasteiger partial charge on any atom is -0.464 e. The van der Waals surface area contributed by atoms with Crippen LogP contribution in [0.25, 0.3) is 0 Å². The van der Waals surface area contributed by atoms with Crippen molar-refractivity contribution >= 4 is 33.5 Å². The van der Waals surface area contributed by atoms with Gasteiger partial charge in [-0.1, -0.05) is 15.9 Å². The lowest BCUT2D eigenvalue weighted by Gasteiger charge is -2.10. The van der Waals surface area contributed by atoms with E-state index in [0.717, 1.165) is 22.3 Å². The van der Waals surface area contributed by atoms with Gasteiger partial charge in [0.05, 0.1) is 6.61 Å². The van der Waals surface area contributed by atoms with E-state index < -0.39 is 0 Å². The Bertz CT molecular complexity index is 596. The first-order valence-corrected chi connectivity index (χ1v) is 7.57. The summed E-state index contributed by atoms with van der Waals surface area (Å²) in [6.45, 7) is 7.13. The van der Waals surface area contributed by atoms with E-state index in [1.807, 2.05) is 39.0 Å². The van der Waals surface area contributed by atoms with Gasteiger partial charge in [-0.05, 0) is 44.5 Å². The van der Waals surface area contributed by atoms with Crippen LogP contribution >= 0.6 is 15.9 Å². The Labute approximate surface area is 132 Å². The molecule has 112 valence electrons. The molecule has 0 saturated heterocycles. The summed E-state index contributed by atoms with van der Waals surface area (Å²) in [5.74, 6) is 0.943. The van der Waals surface area contributed by atoms with Gasteiger partial charge in [-0.15, -0.1) is 0 Å². The number of aryl methyl sites for hydroxylation is 1. The molecule has 21 heavy (non-hydrogen) atoms. The predicted octanol–water partition coefficient (Wildman–Crippen LogP) is 3.52. The smallest absolute Gasteiger partial charge is 0.323 e. The van der Waals surface area contributed by atoms with E-state index in [-0.39, 0.29) is 0 Å². The van der Waals surface area contributed by atoms with Crippen LogP contribution in [0.5, 0.6) is 6.01 Å². The Hall–Kier alpha value is -1.89. The van der Waals surface area contributed by atoms with Crippen LogP contribution in [-0.2, 0) is 0 Å². The first-order chi connectivity index (χ1) is 10.1. The summed E-state index contributed by atoms with van der Waals surface area (Å²) in [4.78, 5) is 12.7. The van der Waals surface area contributed by atoms with Crippen molar-refractivity contribution in [3.05, 3.63) is 28.2 Å². The second kappa shape index (κ2) is 7.21. The van der Waals surface area contributed by atoms with E-state index in [9.17, 15) is 0 Å². The van der Waals surface area contributed by atoms with Gasteiger partial charge < -0.3 is 15.4 Å². The van der Waals surface area contributed by atoms with Gasteiger partial charge in [0.25, 0.3) is 0 Å². The van der Waals surface area contributed by atoms with Crippen molar-refractivity contribution in [1.82, 2.24) is 15.0 Å². The average Bonchev–Trinajstić information content (AvgIpc) is 2.43. The lowest BCUT2D eigenvalue weighted by atomic mass is 10.2. The molecule has 0 unspecified atom stereocenters. The second-order valence-corrected chi connectivity index (χ2v) is 5.17. The standard InChI is InChI=1S/C14H18BrN5O/c1-4-16-12-18-13(20-14(19-12)21-5-2)17-10-6-7-11(15)9(3)8-10/h6-8H,4-5H2,1-3H3,(H2,16,17,18,19,20). The highest BCUT2D eigenvalue weighted by Crippen LogP contribution is 2.22. The highest BCUT2D eigenvalue weighted by molar-refractivity contribution is 9.10. The maximum atomic E-state index is 5.36. The summed E-state index contributed by atoms with van der Waals surface area (Å²) in [5, 5.41) is 6.23. The van der Waals surface area contributed by atoms with Gasteiger partial charge >= 0.3 is 6.01 Å². The van der Waals surface area contributed by atoms with Gasteiger partial charge in [-0.3, -0.25) is 0 Å². The zero-order valence-electron chi connectivity index (χ0n) is 12.3. The number of nitrogens with zero attached hydrogens (tertiary/aromatic N) is 3. The maximum Gasteiger partial charge on any atom is 0.323 e. The minimum atomic E-state index is 0.305. The lowest BCUT2D eigenvalue weighted by Crippen LogP contribution is -2.09. The Morgan fingerprint density at radius 3 is 2.57 bits per heavy atom. The third kappa shape index (κ3) is 4.29. The zero-order chi connectivity index (χ0) is 15.2. The highest BCUT2D eigenvalue weighted by atomic mass is 79.9. The molecule has 1 aromatic carbocycles. The molecule has 0 saturated carbocycles. The molecule has 6 nitrogen and oxygen atoms in total. The number of hydrogen-bond acceptors (Lipinski definition) is 6. The van der Waals surface area contributed by atoms with Gasteiger partial charge in [-0.25, -0.2) is 0 Å². The molecule has 0 aliphatic heterocycles. The first kappa shape index (κ1) is 15.5. The molecule has 7 heteroatoms. The van der Waals surface area contributed by atoms with Crippen molar-refractivity contribution in [2.24, 2.45) is 0 Å². The maximum absolute atomic E-state index is 5.36. The summed E-state index contributed by atoms with van der Waals surface area (Å²) >= 11 is 3.48. The number of aromatic nitrogens is 3. The molecule has 0 aliphatic rings. The predicted molar refractivity (Wildman–Crippen MR) is 87.3 cm³/mol. The van der Waals surface area contributed by atoms with Gasteiger partial charge in [-0.2, -0.15) is 15.0 Å². The normalized spacial score (nSPS) is 10.3. The van der Waals surface area contributed by atoms with Gasteiger partial charge in [0, 0.05) is 16.7 Å². The number of rotatable bonds is 6. The molecule has 0 bridgehead atoms. The lowest BCUT2D eigenvalue weighted by molar-refractivity contribution is 0.312. The molecule has 0 aliphatic carbocycles. The monoisotopic (exact) mass is 351 g/mol. The van der Waals surface area contributed by atoms with E-state index >= 15 is 0 Å². The third-order valence-electron chi connectivity index (χ3n) is 2.64. The molecule has 1 heterocycles. The second-order valence-electron chi connectivity index (χ2n) is 4.32. The van der Waals surface area contributed by atoms with Crippen molar-refractivity contribution in [1.29, 1.82) is 0 Å². The van der Waals surface area contributed by atoms with Gasteiger partial charge in [0.15, 0.2) is 0 Å². The van der Waals surface area contributed by atoms with E-state index in [0.29, 0.717) is 24.5 Å². The average molecular weight is 352 g/mol. The van der Waals surface area contributed by atoms with E-state index in [1.165, 1.54) is 0 Å². The van der Waals surface area contributed by atoms with Crippen molar-refractivity contribution in [3.8, 4) is 6.01 Å². The summed E-state index contributed by atoms with van der Waals surface area (Å²) in [7, 11) is 0. The minimum absolute atomic E-state index is 0.305. The first-order valence-electron chi connectivity index (χ1n) is 6.78. The molecule has 0 atom stereocenters. The molecule has 1 aromatic heterocycles. The number of ether oxygens (including phenoxy) is 1.